The van der Waals surface area contributed by atoms with Gasteiger partial charge in [-0.3, -0.25) is 34.6 Å². The van der Waals surface area contributed by atoms with Gasteiger partial charge in [0.1, 0.15) is 0 Å². The van der Waals surface area contributed by atoms with Gasteiger partial charge >= 0.3 is 65.6 Å². The summed E-state index contributed by atoms with van der Waals surface area (Å²) in [6.07, 6.45) is 0. The Balaban J connectivity index is 0.00000760. The van der Waals surface area contributed by atoms with E-state index in [0.717, 1.165) is 41.3 Å². The van der Waals surface area contributed by atoms with Crippen LogP contribution in [0.15, 0.2) is 36.4 Å². The molecule has 0 spiro atoms. The molecule has 16 nitrogen and oxygen atoms in total. The molecule has 6 N–H and O–H groups in total. The minimum absolute atomic E-state index is 0. The second kappa shape index (κ2) is 17.2. The van der Waals surface area contributed by atoms with Crippen molar-refractivity contribution >= 4 is 54.3 Å². The van der Waals surface area contributed by atoms with Crippen molar-refractivity contribution in [2.45, 2.75) is 0 Å². The Morgan fingerprint density at radius 1 is 0.875 bits per heavy atom. The molecule has 0 bridgehead atoms. The molecule has 0 aliphatic rings. The first-order valence-corrected chi connectivity index (χ1v) is 10.8. The van der Waals surface area contributed by atoms with E-state index < -0.39 is 70.7 Å². The Morgan fingerprint density at radius 2 is 1.35 bits per heavy atom. The number of carbonyl (C=O) groups excluding carboxylic acids is 3. The van der Waals surface area contributed by atoms with Crippen LogP contribution in [0, 0.1) is 34.6 Å². The van der Waals surface area contributed by atoms with Gasteiger partial charge in [-0.15, -0.1) is 6.54 Å². The first kappa shape index (κ1) is 37.3. The second-order valence-corrected chi connectivity index (χ2v) is 7.64. The Kier molecular flexibility index (Phi) is 16.0. The minimum Gasteiger partial charge on any atom is -0.423 e. The molecule has 0 saturated carbocycles. The molecular weight excluding hydrogens is 559 g/mol. The summed E-state index contributed by atoms with van der Waals surface area (Å²) in [5, 5.41) is 64.6. The van der Waals surface area contributed by atoms with Crippen molar-refractivity contribution in [2.24, 2.45) is 0 Å². The smallest absolute Gasteiger partial charge is 0.423 e. The number of benzene rings is 2. The molecule has 0 aromatic heterocycles. The van der Waals surface area contributed by atoms with E-state index in [0.29, 0.717) is 0 Å². The third kappa shape index (κ3) is 10.0. The maximum atomic E-state index is 13.1. The fourth-order valence-electron chi connectivity index (χ4n) is 3.34. The summed E-state index contributed by atoms with van der Waals surface area (Å²) in [6.45, 7) is 2.47. The zero-order chi connectivity index (χ0) is 28.6. The first-order chi connectivity index (χ1) is 17.9. The molecule has 0 saturated heterocycles. The maximum Gasteiger partial charge on any atom is 1.00 e. The van der Waals surface area contributed by atoms with Crippen LogP contribution >= 0.6 is 0 Å². The summed E-state index contributed by atoms with van der Waals surface area (Å²) < 4.78 is 0. The van der Waals surface area contributed by atoms with Crippen LogP contribution in [-0.2, 0) is 4.79 Å². The number of rotatable bonds is 12. The molecule has 0 unspecified atom stereocenters. The molecule has 0 aliphatic heterocycles. The van der Waals surface area contributed by atoms with Crippen molar-refractivity contribution < 1.29 is 95.7 Å². The van der Waals surface area contributed by atoms with Gasteiger partial charge in [0.25, 0.3) is 23.2 Å². The predicted molar refractivity (Wildman–Crippen MR) is 139 cm³/mol. The molecule has 0 heterocycles. The topological polar surface area (TPSA) is 246 Å². The van der Waals surface area contributed by atoms with Gasteiger partial charge in [0, 0.05) is 36.3 Å². The van der Waals surface area contributed by atoms with Gasteiger partial charge in [-0.1, -0.05) is 0 Å². The van der Waals surface area contributed by atoms with Gasteiger partial charge in [-0.2, -0.15) is 0 Å². The van der Waals surface area contributed by atoms with Crippen molar-refractivity contribution in [1.82, 2.24) is 15.5 Å². The quantitative estimate of drug-likeness (QED) is 0.0594. The van der Waals surface area contributed by atoms with E-state index in [2.05, 4.69) is 17.6 Å². The van der Waals surface area contributed by atoms with Gasteiger partial charge in [0.2, 0.25) is 5.91 Å². The molecule has 0 radical (unpaired) electrons. The Hall–Kier alpha value is -2.74. The Bertz CT molecular complexity index is 1250. The number of nitrogens with zero attached hydrogens (tertiary/aromatic N) is 3. The van der Waals surface area contributed by atoms with Crippen molar-refractivity contribution in [2.75, 3.05) is 26.2 Å². The van der Waals surface area contributed by atoms with Crippen LogP contribution in [0.25, 0.3) is 0 Å². The number of carbonyl (C=O) groups is 3. The molecule has 2 rings (SSSR count). The Morgan fingerprint density at radius 3 is 1.80 bits per heavy atom. The Labute approximate surface area is 271 Å². The van der Waals surface area contributed by atoms with E-state index in [1.54, 1.807) is 0 Å². The molecule has 2 aromatic rings. The van der Waals surface area contributed by atoms with Crippen LogP contribution in [0.3, 0.4) is 0 Å². The summed E-state index contributed by atoms with van der Waals surface area (Å²) in [6, 6.07) is 5.79. The number of hydrogen-bond acceptors (Lipinski definition) is 11. The van der Waals surface area contributed by atoms with Gasteiger partial charge in [-0.25, -0.2) is 0 Å². The predicted octanol–water partition coefficient (Wildman–Crippen LogP) is -5.86. The summed E-state index contributed by atoms with van der Waals surface area (Å²) in [5.41, 5.74) is -2.66. The van der Waals surface area contributed by atoms with E-state index in [9.17, 15) is 54.7 Å². The van der Waals surface area contributed by atoms with Crippen LogP contribution in [0.5, 0.6) is 0 Å². The average Bonchev–Trinajstić information content (AvgIpc) is 2.86. The standard InChI is InChI=1S/C20H22B2N5O11.CH3.K/c1-2-23-18(28)11-25(20(30)13-4-6-17(27(37)38)15(10-13)22(33)34)8-7-24-19(29)12-3-5-16(26(35)36)14(9-12)21(31)32;;/h3-6,9-10,31-34H,1-2,7-8,11H2,(H,23,28)(H,24,29);1H3;/q2*-1;+1. The molecule has 0 atom stereocenters. The molecule has 208 valence electrons. The first-order valence-electron chi connectivity index (χ1n) is 10.8. The van der Waals surface area contributed by atoms with Crippen LogP contribution in [0.1, 0.15) is 20.7 Å². The van der Waals surface area contributed by atoms with Gasteiger partial charge in [0.05, 0.1) is 27.3 Å². The van der Waals surface area contributed by atoms with E-state index in [1.165, 1.54) is 0 Å². The fourth-order valence-corrected chi connectivity index (χ4v) is 3.34. The minimum atomic E-state index is -2.26. The zero-order valence-electron chi connectivity index (χ0n) is 21.6. The van der Waals surface area contributed by atoms with Gasteiger partial charge in [0.15, 0.2) is 0 Å². The van der Waals surface area contributed by atoms with Crippen LogP contribution in [-0.4, -0.2) is 93.0 Å². The van der Waals surface area contributed by atoms with Crippen LogP contribution in [0.2, 0.25) is 0 Å². The maximum absolute atomic E-state index is 13.1. The molecule has 2 aromatic carbocycles. The van der Waals surface area contributed by atoms with Gasteiger partial charge < -0.3 is 50.0 Å². The fraction of sp³-hybridized carbons (Fsp3) is 0.190. The van der Waals surface area contributed by atoms with Gasteiger partial charge in [-0.05, 0) is 24.3 Å². The van der Waals surface area contributed by atoms with Crippen molar-refractivity contribution in [3.63, 3.8) is 0 Å². The number of nitrogens with one attached hydrogen (secondary N) is 2. The number of nitro benzene ring substituents is 2. The number of amides is 3. The monoisotopic (exact) mass is 584 g/mol. The van der Waals surface area contributed by atoms with E-state index in [1.807, 2.05) is 0 Å². The van der Waals surface area contributed by atoms with E-state index in [4.69, 9.17) is 0 Å². The third-order valence-electron chi connectivity index (χ3n) is 5.13. The molecular formula is C21H25B2KN5O11-. The van der Waals surface area contributed by atoms with Crippen molar-refractivity contribution in [1.29, 1.82) is 0 Å². The normalized spacial score (nSPS) is 9.82. The van der Waals surface area contributed by atoms with E-state index >= 15 is 0 Å². The van der Waals surface area contributed by atoms with Crippen LogP contribution < -0.4 is 72.9 Å². The molecule has 40 heavy (non-hydrogen) atoms. The van der Waals surface area contributed by atoms with E-state index in [-0.39, 0.29) is 89.6 Å². The average molecular weight is 584 g/mol. The molecule has 0 fully saturated rings. The van der Waals surface area contributed by atoms with Crippen LogP contribution in [0.4, 0.5) is 11.4 Å². The number of hydrogen-bond donors (Lipinski definition) is 6. The third-order valence-corrected chi connectivity index (χ3v) is 5.13. The zero-order valence-corrected chi connectivity index (χ0v) is 24.8. The molecule has 0 aliphatic carbocycles. The second-order valence-electron chi connectivity index (χ2n) is 7.64. The van der Waals surface area contributed by atoms with Crippen molar-refractivity contribution in [3.8, 4) is 0 Å². The van der Waals surface area contributed by atoms with Crippen molar-refractivity contribution in [3.05, 3.63) is 82.1 Å². The summed E-state index contributed by atoms with van der Waals surface area (Å²) in [4.78, 5) is 59.1. The molecule has 3 amide bonds. The summed E-state index contributed by atoms with van der Waals surface area (Å²) in [7, 11) is -4.47. The molecule has 19 heteroatoms. The largest absolute Gasteiger partial charge is 1.00 e. The summed E-state index contributed by atoms with van der Waals surface area (Å²) >= 11 is 0. The summed E-state index contributed by atoms with van der Waals surface area (Å²) in [5.74, 6) is -2.21. The SMILES string of the molecule is [CH2-]CNC(=O)CN(CCNC(=O)c1ccc([N+](=O)[O-])c(B(O)O)c1)C(=O)c1ccc([N+](=O)[O-])c(B(O)O)c1.[CH3-].[K+]. The number of nitro groups is 2.